The molecule has 0 fully saturated rings. The van der Waals surface area contributed by atoms with Gasteiger partial charge in [0.25, 0.3) is 10.0 Å². The first-order valence-electron chi connectivity index (χ1n) is 6.51. The van der Waals surface area contributed by atoms with Crippen molar-refractivity contribution >= 4 is 27.3 Å². The second kappa shape index (κ2) is 6.59. The van der Waals surface area contributed by atoms with E-state index >= 15 is 0 Å². The van der Waals surface area contributed by atoms with Gasteiger partial charge in [0.2, 0.25) is 5.91 Å². The number of nitrogens with one attached hydrogen (secondary N) is 2. The fraction of sp³-hybridized carbons (Fsp3) is 0.133. The smallest absolute Gasteiger partial charge is 0.261 e. The first-order valence-corrected chi connectivity index (χ1v) is 7.99. The fourth-order valence-corrected chi connectivity index (χ4v) is 2.81. The fourth-order valence-electron chi connectivity index (χ4n) is 1.75. The molecule has 0 bridgehead atoms. The molecule has 0 aliphatic heterocycles. The molecule has 0 heterocycles. The lowest BCUT2D eigenvalue weighted by atomic mass is 10.2. The van der Waals surface area contributed by atoms with Crippen LogP contribution in [-0.2, 0) is 14.8 Å². The van der Waals surface area contributed by atoms with Crippen molar-refractivity contribution in [2.24, 2.45) is 0 Å². The molecular formula is C15H16N2O4S. The highest BCUT2D eigenvalue weighted by Crippen LogP contribution is 2.18. The first kappa shape index (κ1) is 16.0. The maximum atomic E-state index is 12.2. The third-order valence-corrected chi connectivity index (χ3v) is 4.29. The quantitative estimate of drug-likeness (QED) is 0.782. The number of benzene rings is 2. The van der Waals surface area contributed by atoms with Crippen LogP contribution in [0, 0.1) is 6.92 Å². The number of aliphatic hydroxyl groups is 1. The Morgan fingerprint density at radius 2 is 1.55 bits per heavy atom. The van der Waals surface area contributed by atoms with Crippen molar-refractivity contribution in [3.8, 4) is 0 Å². The topological polar surface area (TPSA) is 95.5 Å². The number of anilines is 2. The molecule has 0 saturated carbocycles. The molecule has 0 saturated heterocycles. The van der Waals surface area contributed by atoms with Gasteiger partial charge in [-0.3, -0.25) is 9.52 Å². The number of aryl methyl sites for hydroxylation is 1. The Morgan fingerprint density at radius 1 is 1.00 bits per heavy atom. The Morgan fingerprint density at radius 3 is 2.09 bits per heavy atom. The zero-order chi connectivity index (χ0) is 16.2. The molecule has 0 spiro atoms. The first-order chi connectivity index (χ1) is 10.4. The Balaban J connectivity index is 2.13. The Hall–Kier alpha value is -2.38. The molecule has 0 atom stereocenters. The molecule has 22 heavy (non-hydrogen) atoms. The van der Waals surface area contributed by atoms with Crippen molar-refractivity contribution in [2.75, 3.05) is 16.6 Å². The summed E-state index contributed by atoms with van der Waals surface area (Å²) < 4.78 is 26.9. The van der Waals surface area contributed by atoms with Crippen LogP contribution in [0.1, 0.15) is 5.56 Å². The van der Waals surface area contributed by atoms with Gasteiger partial charge < -0.3 is 10.4 Å². The van der Waals surface area contributed by atoms with Crippen LogP contribution in [-0.4, -0.2) is 26.0 Å². The summed E-state index contributed by atoms with van der Waals surface area (Å²) in [5.41, 5.74) is 1.82. The minimum atomic E-state index is -3.65. The van der Waals surface area contributed by atoms with Crippen molar-refractivity contribution in [2.45, 2.75) is 11.8 Å². The van der Waals surface area contributed by atoms with Gasteiger partial charge >= 0.3 is 0 Å². The number of carbonyl (C=O) groups excluding carboxylic acids is 1. The van der Waals surface area contributed by atoms with E-state index in [-0.39, 0.29) is 4.90 Å². The lowest BCUT2D eigenvalue weighted by Crippen LogP contribution is -2.15. The summed E-state index contributed by atoms with van der Waals surface area (Å²) in [6.07, 6.45) is 0. The van der Waals surface area contributed by atoms with Gasteiger partial charge in [0.05, 0.1) is 4.90 Å². The summed E-state index contributed by atoms with van der Waals surface area (Å²) in [5.74, 6) is -0.534. The van der Waals surface area contributed by atoms with Crippen molar-refractivity contribution < 1.29 is 18.3 Å². The van der Waals surface area contributed by atoms with E-state index in [0.717, 1.165) is 5.56 Å². The monoisotopic (exact) mass is 320 g/mol. The lowest BCUT2D eigenvalue weighted by molar-refractivity contribution is -0.118. The minimum absolute atomic E-state index is 0.177. The van der Waals surface area contributed by atoms with E-state index in [4.69, 9.17) is 5.11 Å². The van der Waals surface area contributed by atoms with E-state index in [2.05, 4.69) is 10.0 Å². The van der Waals surface area contributed by atoms with Crippen molar-refractivity contribution in [1.29, 1.82) is 0 Å². The summed E-state index contributed by atoms with van der Waals surface area (Å²) in [5, 5.41) is 11.1. The van der Waals surface area contributed by atoms with Crippen LogP contribution in [0.2, 0.25) is 0 Å². The molecular weight excluding hydrogens is 304 g/mol. The highest BCUT2D eigenvalue weighted by Gasteiger charge is 2.13. The van der Waals surface area contributed by atoms with Crippen LogP contribution < -0.4 is 10.0 Å². The highest BCUT2D eigenvalue weighted by molar-refractivity contribution is 7.92. The largest absolute Gasteiger partial charge is 0.387 e. The lowest BCUT2D eigenvalue weighted by Gasteiger charge is -2.09. The van der Waals surface area contributed by atoms with E-state index in [1.165, 1.54) is 24.3 Å². The second-order valence-electron chi connectivity index (χ2n) is 4.70. The van der Waals surface area contributed by atoms with Crippen LogP contribution in [0.4, 0.5) is 11.4 Å². The zero-order valence-electron chi connectivity index (χ0n) is 11.9. The van der Waals surface area contributed by atoms with E-state index in [9.17, 15) is 13.2 Å². The van der Waals surface area contributed by atoms with Gasteiger partial charge in [-0.25, -0.2) is 8.42 Å². The van der Waals surface area contributed by atoms with E-state index < -0.39 is 22.5 Å². The van der Waals surface area contributed by atoms with Crippen molar-refractivity contribution in [3.05, 3.63) is 54.1 Å². The third kappa shape index (κ3) is 4.06. The number of sulfonamides is 1. The van der Waals surface area contributed by atoms with Gasteiger partial charge in [-0.2, -0.15) is 0 Å². The molecule has 0 aromatic heterocycles. The van der Waals surface area contributed by atoms with Crippen LogP contribution in [0.5, 0.6) is 0 Å². The van der Waals surface area contributed by atoms with E-state index in [1.54, 1.807) is 24.3 Å². The average Bonchev–Trinajstić information content (AvgIpc) is 2.49. The number of hydrogen-bond acceptors (Lipinski definition) is 4. The standard InChI is InChI=1S/C15H16N2O4S/c1-11-2-8-14(9-3-11)22(20,21)17-13-6-4-12(5-7-13)16-15(19)10-18/h2-9,17-18H,10H2,1H3,(H,16,19). The van der Waals surface area contributed by atoms with Crippen molar-refractivity contribution in [1.82, 2.24) is 0 Å². The Kier molecular flexibility index (Phi) is 4.79. The summed E-state index contributed by atoms with van der Waals surface area (Å²) in [6, 6.07) is 12.7. The zero-order valence-corrected chi connectivity index (χ0v) is 12.7. The third-order valence-electron chi connectivity index (χ3n) is 2.90. The van der Waals surface area contributed by atoms with E-state index in [1.807, 2.05) is 6.92 Å². The second-order valence-corrected chi connectivity index (χ2v) is 6.38. The molecule has 0 unspecified atom stereocenters. The number of carbonyl (C=O) groups is 1. The van der Waals surface area contributed by atoms with Gasteiger partial charge in [-0.15, -0.1) is 0 Å². The van der Waals surface area contributed by atoms with Gasteiger partial charge in [0.1, 0.15) is 6.61 Å². The number of amides is 1. The predicted octanol–water partition coefficient (Wildman–Crippen LogP) is 1.73. The van der Waals surface area contributed by atoms with Gasteiger partial charge in [-0.05, 0) is 43.3 Å². The minimum Gasteiger partial charge on any atom is -0.387 e. The molecule has 2 aromatic carbocycles. The Bertz CT molecular complexity index is 753. The van der Waals surface area contributed by atoms with Gasteiger partial charge in [-0.1, -0.05) is 17.7 Å². The summed E-state index contributed by atoms with van der Waals surface area (Å²) in [6.45, 7) is 1.27. The van der Waals surface area contributed by atoms with Crippen molar-refractivity contribution in [3.63, 3.8) is 0 Å². The number of hydrogen-bond donors (Lipinski definition) is 3. The maximum Gasteiger partial charge on any atom is 0.261 e. The molecule has 0 aliphatic carbocycles. The number of aliphatic hydroxyl groups excluding tert-OH is 1. The average molecular weight is 320 g/mol. The van der Waals surface area contributed by atoms with Crippen LogP contribution in [0.25, 0.3) is 0 Å². The molecule has 116 valence electrons. The predicted molar refractivity (Wildman–Crippen MR) is 84.1 cm³/mol. The normalized spacial score (nSPS) is 11.0. The molecule has 1 amide bonds. The SMILES string of the molecule is Cc1ccc(S(=O)(=O)Nc2ccc(NC(=O)CO)cc2)cc1. The molecule has 0 radical (unpaired) electrons. The van der Waals surface area contributed by atoms with E-state index in [0.29, 0.717) is 11.4 Å². The maximum absolute atomic E-state index is 12.2. The highest BCUT2D eigenvalue weighted by atomic mass is 32.2. The molecule has 2 aromatic rings. The van der Waals surface area contributed by atoms with Gasteiger partial charge in [0, 0.05) is 11.4 Å². The molecule has 7 heteroatoms. The van der Waals surface area contributed by atoms with Crippen LogP contribution in [0.15, 0.2) is 53.4 Å². The summed E-state index contributed by atoms with van der Waals surface area (Å²) in [4.78, 5) is 11.2. The number of rotatable bonds is 5. The summed E-state index contributed by atoms with van der Waals surface area (Å²) >= 11 is 0. The Labute approximate surface area is 128 Å². The van der Waals surface area contributed by atoms with Crippen LogP contribution >= 0.6 is 0 Å². The molecule has 2 rings (SSSR count). The molecule has 3 N–H and O–H groups in total. The summed E-state index contributed by atoms with van der Waals surface area (Å²) in [7, 11) is -3.65. The molecule has 0 aliphatic rings. The molecule has 6 nitrogen and oxygen atoms in total. The van der Waals surface area contributed by atoms with Gasteiger partial charge in [0.15, 0.2) is 0 Å². The van der Waals surface area contributed by atoms with Crippen LogP contribution in [0.3, 0.4) is 0 Å².